The van der Waals surface area contributed by atoms with Gasteiger partial charge < -0.3 is 11.1 Å². The smallest absolute Gasteiger partial charge is 0.328 e. The van der Waals surface area contributed by atoms with E-state index in [0.717, 1.165) is 0 Å². The molecule has 0 spiro atoms. The highest BCUT2D eigenvalue weighted by Crippen LogP contribution is 1.90. The third-order valence-electron chi connectivity index (χ3n) is 1.28. The van der Waals surface area contributed by atoms with Crippen LogP contribution in [-0.4, -0.2) is 29.0 Å². The molecule has 0 atom stereocenters. The molecular formula is C5H6N4O3S. The molecule has 0 aromatic rings. The van der Waals surface area contributed by atoms with Crippen LogP contribution in [0.25, 0.3) is 0 Å². The van der Waals surface area contributed by atoms with E-state index in [9.17, 15) is 14.4 Å². The van der Waals surface area contributed by atoms with Gasteiger partial charge in [-0.3, -0.25) is 20.2 Å². The first-order chi connectivity index (χ1) is 6.00. The zero-order valence-electron chi connectivity index (χ0n) is 6.29. The third kappa shape index (κ3) is 2.12. The Hall–Kier alpha value is -1.70. The van der Waals surface area contributed by atoms with Crippen molar-refractivity contribution >= 4 is 35.2 Å². The first-order valence-corrected chi connectivity index (χ1v) is 3.63. The molecule has 0 bridgehead atoms. The summed E-state index contributed by atoms with van der Waals surface area (Å²) in [5.41, 5.74) is 5.06. The number of amides is 4. The van der Waals surface area contributed by atoms with Crippen molar-refractivity contribution < 1.29 is 14.4 Å². The number of carbonyl (C=O) groups excluding carboxylic acids is 3. The molecule has 1 heterocycles. The van der Waals surface area contributed by atoms with Crippen molar-refractivity contribution in [1.82, 2.24) is 16.0 Å². The van der Waals surface area contributed by atoms with Crippen LogP contribution < -0.4 is 21.7 Å². The van der Waals surface area contributed by atoms with Gasteiger partial charge in [0.05, 0.1) is 0 Å². The summed E-state index contributed by atoms with van der Waals surface area (Å²) < 4.78 is 0. The number of rotatable bonds is 1. The summed E-state index contributed by atoms with van der Waals surface area (Å²) in [6.45, 7) is 0. The monoisotopic (exact) mass is 202 g/mol. The Balaban J connectivity index is 2.73. The van der Waals surface area contributed by atoms with E-state index in [1.54, 1.807) is 0 Å². The number of urea groups is 1. The van der Waals surface area contributed by atoms with Gasteiger partial charge in [0.15, 0.2) is 11.2 Å². The number of imide groups is 2. The molecule has 0 aromatic heterocycles. The van der Waals surface area contributed by atoms with Crippen LogP contribution >= 0.6 is 12.2 Å². The minimum Gasteiger partial charge on any atom is -0.376 e. The van der Waals surface area contributed by atoms with Gasteiger partial charge in [-0.25, -0.2) is 4.79 Å². The highest BCUT2D eigenvalue weighted by atomic mass is 32.1. The second-order valence-electron chi connectivity index (χ2n) is 2.25. The normalized spacial score (nSPS) is 17.7. The molecule has 1 fully saturated rings. The number of nitrogens with one attached hydrogen (secondary N) is 3. The zero-order valence-corrected chi connectivity index (χ0v) is 7.10. The van der Waals surface area contributed by atoms with Gasteiger partial charge in [0, 0.05) is 0 Å². The average molecular weight is 202 g/mol. The Morgan fingerprint density at radius 3 is 2.15 bits per heavy atom. The minimum absolute atomic E-state index is 0.190. The molecular weight excluding hydrogens is 196 g/mol. The summed E-state index contributed by atoms with van der Waals surface area (Å²) in [5, 5.41) is 5.80. The van der Waals surface area contributed by atoms with E-state index in [1.165, 1.54) is 0 Å². The fourth-order valence-corrected chi connectivity index (χ4v) is 0.910. The summed E-state index contributed by atoms with van der Waals surface area (Å²) in [5.74, 6) is -1.55. The molecule has 4 amide bonds. The molecule has 0 aromatic carbocycles. The molecule has 1 aliphatic heterocycles. The first-order valence-electron chi connectivity index (χ1n) is 3.22. The van der Waals surface area contributed by atoms with Gasteiger partial charge in [-0.05, 0) is 12.2 Å². The zero-order chi connectivity index (χ0) is 10.0. The van der Waals surface area contributed by atoms with E-state index in [2.05, 4.69) is 17.5 Å². The van der Waals surface area contributed by atoms with Crippen LogP contribution in [-0.2, 0) is 9.59 Å². The van der Waals surface area contributed by atoms with Crippen molar-refractivity contribution in [2.75, 3.05) is 0 Å². The maximum atomic E-state index is 11.0. The van der Waals surface area contributed by atoms with Gasteiger partial charge in [0.2, 0.25) is 0 Å². The van der Waals surface area contributed by atoms with Gasteiger partial charge >= 0.3 is 6.03 Å². The van der Waals surface area contributed by atoms with Gasteiger partial charge in [0.25, 0.3) is 11.8 Å². The van der Waals surface area contributed by atoms with Crippen LogP contribution in [0.15, 0.2) is 0 Å². The predicted octanol–water partition coefficient (Wildman–Crippen LogP) is -2.45. The summed E-state index contributed by atoms with van der Waals surface area (Å²) in [7, 11) is 0. The number of thiocarbonyl (C=S) groups is 1. The Kier molecular flexibility index (Phi) is 2.42. The molecule has 13 heavy (non-hydrogen) atoms. The molecule has 0 unspecified atom stereocenters. The lowest BCUT2D eigenvalue weighted by Gasteiger charge is -2.21. The second-order valence-corrected chi connectivity index (χ2v) is 2.69. The molecule has 0 radical (unpaired) electrons. The van der Waals surface area contributed by atoms with Gasteiger partial charge in [-0.15, -0.1) is 0 Å². The van der Waals surface area contributed by atoms with Crippen molar-refractivity contribution in [3.8, 4) is 0 Å². The molecule has 70 valence electrons. The highest BCUT2D eigenvalue weighted by Gasteiger charge is 2.34. The Morgan fingerprint density at radius 1 is 1.31 bits per heavy atom. The Morgan fingerprint density at radius 2 is 1.77 bits per heavy atom. The number of hydrogen-bond acceptors (Lipinski definition) is 4. The quantitative estimate of drug-likeness (QED) is 0.277. The summed E-state index contributed by atoms with van der Waals surface area (Å²) >= 11 is 4.43. The SMILES string of the molecule is NC(=S)NC1C(=O)NC(=O)NC1=O. The van der Waals surface area contributed by atoms with E-state index in [4.69, 9.17) is 5.73 Å². The maximum absolute atomic E-state index is 11.0. The number of barbiturate groups is 1. The molecule has 7 nitrogen and oxygen atoms in total. The van der Waals surface area contributed by atoms with E-state index in [1.807, 2.05) is 10.6 Å². The lowest BCUT2D eigenvalue weighted by atomic mass is 10.2. The van der Waals surface area contributed by atoms with E-state index < -0.39 is 23.9 Å². The second kappa shape index (κ2) is 3.35. The van der Waals surface area contributed by atoms with E-state index in [-0.39, 0.29) is 5.11 Å². The van der Waals surface area contributed by atoms with Crippen molar-refractivity contribution in [2.45, 2.75) is 6.04 Å². The molecule has 1 saturated heterocycles. The lowest BCUT2D eigenvalue weighted by molar-refractivity contribution is -0.132. The van der Waals surface area contributed by atoms with E-state index in [0.29, 0.717) is 0 Å². The largest absolute Gasteiger partial charge is 0.376 e. The highest BCUT2D eigenvalue weighted by molar-refractivity contribution is 7.80. The van der Waals surface area contributed by atoms with Crippen molar-refractivity contribution in [3.63, 3.8) is 0 Å². The molecule has 8 heteroatoms. The van der Waals surface area contributed by atoms with Crippen LogP contribution in [0.5, 0.6) is 0 Å². The van der Waals surface area contributed by atoms with E-state index >= 15 is 0 Å². The van der Waals surface area contributed by atoms with Crippen LogP contribution in [0.2, 0.25) is 0 Å². The molecule has 0 aliphatic carbocycles. The molecule has 5 N–H and O–H groups in total. The Bertz CT molecular complexity index is 282. The van der Waals surface area contributed by atoms with Gasteiger partial charge in [-0.1, -0.05) is 0 Å². The van der Waals surface area contributed by atoms with Gasteiger partial charge in [0.1, 0.15) is 0 Å². The van der Waals surface area contributed by atoms with Gasteiger partial charge in [-0.2, -0.15) is 0 Å². The fraction of sp³-hybridized carbons (Fsp3) is 0.200. The summed E-state index contributed by atoms with van der Waals surface area (Å²) in [6.07, 6.45) is 0. The minimum atomic E-state index is -1.24. The van der Waals surface area contributed by atoms with Crippen molar-refractivity contribution in [3.05, 3.63) is 0 Å². The van der Waals surface area contributed by atoms with Crippen LogP contribution in [0.4, 0.5) is 4.79 Å². The van der Waals surface area contributed by atoms with Crippen LogP contribution in [0, 0.1) is 0 Å². The van der Waals surface area contributed by atoms with Crippen molar-refractivity contribution in [2.24, 2.45) is 5.73 Å². The first kappa shape index (κ1) is 9.39. The van der Waals surface area contributed by atoms with Crippen molar-refractivity contribution in [1.29, 1.82) is 0 Å². The van der Waals surface area contributed by atoms with Crippen LogP contribution in [0.3, 0.4) is 0 Å². The average Bonchev–Trinajstić information content (AvgIpc) is 1.96. The standard InChI is InChI=1S/C5H6N4O3S/c6-4(13)7-1-2(10)8-5(12)9-3(1)11/h1H,(H3,6,7,13)(H2,8,9,10,11,12). The van der Waals surface area contributed by atoms with Crippen LogP contribution in [0.1, 0.15) is 0 Å². The number of carbonyl (C=O) groups is 3. The lowest BCUT2D eigenvalue weighted by Crippen LogP contribution is -2.64. The molecule has 1 aliphatic rings. The Labute approximate surface area is 78.0 Å². The fourth-order valence-electron chi connectivity index (χ4n) is 0.792. The number of nitrogens with two attached hydrogens (primary N) is 1. The molecule has 0 saturated carbocycles. The topological polar surface area (TPSA) is 113 Å². The number of hydrogen-bond donors (Lipinski definition) is 4. The summed E-state index contributed by atoms with van der Waals surface area (Å²) in [6, 6.07) is -2.09. The third-order valence-corrected chi connectivity index (χ3v) is 1.40. The molecule has 1 rings (SSSR count). The summed E-state index contributed by atoms with van der Waals surface area (Å²) in [4.78, 5) is 32.5. The predicted molar refractivity (Wildman–Crippen MR) is 45.4 cm³/mol. The maximum Gasteiger partial charge on any atom is 0.328 e.